The highest BCUT2D eigenvalue weighted by atomic mass is 16.5. The lowest BCUT2D eigenvalue weighted by Gasteiger charge is -2.10. The summed E-state index contributed by atoms with van der Waals surface area (Å²) < 4.78 is 5.65. The van der Waals surface area contributed by atoms with Crippen molar-refractivity contribution in [2.75, 3.05) is 6.61 Å². The Balaban J connectivity index is 1.77. The Kier molecular flexibility index (Phi) is 7.68. The number of carbonyl (C=O) groups excluding carboxylic acids is 2. The molecule has 0 bridgehead atoms. The molecular weight excluding hydrogens is 328 g/mol. The fourth-order valence-corrected chi connectivity index (χ4v) is 2.30. The smallest absolute Gasteiger partial charge is 0.269 e. The molecule has 0 heterocycles. The number of ether oxygens (including phenoxy) is 1. The zero-order valence-corrected chi connectivity index (χ0v) is 15.3. The molecule has 0 radical (unpaired) electrons. The minimum absolute atomic E-state index is 0.230. The first-order valence-electron chi connectivity index (χ1n) is 8.90. The van der Waals surface area contributed by atoms with Crippen LogP contribution in [-0.2, 0) is 11.2 Å². The lowest BCUT2D eigenvalue weighted by molar-refractivity contribution is -0.121. The van der Waals surface area contributed by atoms with Crippen LogP contribution in [0.3, 0.4) is 0 Å². The van der Waals surface area contributed by atoms with Gasteiger partial charge in [-0.25, -0.2) is 0 Å². The maximum atomic E-state index is 12.2. The molecule has 138 valence electrons. The van der Waals surface area contributed by atoms with E-state index in [-0.39, 0.29) is 11.8 Å². The second kappa shape index (κ2) is 10.2. The summed E-state index contributed by atoms with van der Waals surface area (Å²) in [7, 11) is 0. The zero-order chi connectivity index (χ0) is 18.8. The summed E-state index contributed by atoms with van der Waals surface area (Å²) in [6.07, 6.45) is 1.89. The van der Waals surface area contributed by atoms with Gasteiger partial charge in [-0.05, 0) is 42.5 Å². The largest absolute Gasteiger partial charge is 0.494 e. The van der Waals surface area contributed by atoms with Crippen molar-refractivity contribution in [3.05, 3.63) is 65.7 Å². The van der Waals surface area contributed by atoms with Crippen molar-refractivity contribution in [2.45, 2.75) is 33.1 Å². The van der Waals surface area contributed by atoms with Gasteiger partial charge in [0.05, 0.1) is 6.61 Å². The number of hydrogen-bond donors (Lipinski definition) is 2. The molecular formula is C21H26N2O3. The molecule has 5 heteroatoms. The summed E-state index contributed by atoms with van der Waals surface area (Å²) in [6, 6.07) is 16.7. The molecule has 0 saturated carbocycles. The summed E-state index contributed by atoms with van der Waals surface area (Å²) in [5.41, 5.74) is 6.42. The van der Waals surface area contributed by atoms with Crippen molar-refractivity contribution in [1.82, 2.24) is 10.9 Å². The van der Waals surface area contributed by atoms with Crippen molar-refractivity contribution in [2.24, 2.45) is 5.92 Å². The third kappa shape index (κ3) is 6.97. The molecule has 0 atom stereocenters. The van der Waals surface area contributed by atoms with E-state index >= 15 is 0 Å². The topological polar surface area (TPSA) is 67.4 Å². The fraction of sp³-hybridized carbons (Fsp3) is 0.333. The van der Waals surface area contributed by atoms with E-state index in [1.165, 1.54) is 0 Å². The van der Waals surface area contributed by atoms with Crippen molar-refractivity contribution in [3.8, 4) is 5.75 Å². The number of aryl methyl sites for hydroxylation is 1. The monoisotopic (exact) mass is 354 g/mol. The number of rotatable bonds is 8. The summed E-state index contributed by atoms with van der Waals surface area (Å²) in [6.45, 7) is 4.88. The Morgan fingerprint density at radius 1 is 1.00 bits per heavy atom. The van der Waals surface area contributed by atoms with E-state index < -0.39 is 0 Å². The van der Waals surface area contributed by atoms with Crippen molar-refractivity contribution in [3.63, 3.8) is 0 Å². The molecule has 0 fully saturated rings. The predicted octanol–water partition coefficient (Wildman–Crippen LogP) is 3.51. The molecule has 26 heavy (non-hydrogen) atoms. The van der Waals surface area contributed by atoms with Gasteiger partial charge in [0.15, 0.2) is 0 Å². The maximum absolute atomic E-state index is 12.2. The van der Waals surface area contributed by atoms with Crippen LogP contribution in [0.4, 0.5) is 0 Å². The van der Waals surface area contributed by atoms with Gasteiger partial charge in [0.25, 0.3) is 5.91 Å². The Morgan fingerprint density at radius 2 is 1.77 bits per heavy atom. The van der Waals surface area contributed by atoms with E-state index in [2.05, 4.69) is 24.7 Å². The number of benzene rings is 2. The summed E-state index contributed by atoms with van der Waals surface area (Å²) in [5.74, 6) is 0.611. The van der Waals surface area contributed by atoms with Crippen molar-refractivity contribution in [1.29, 1.82) is 0 Å². The maximum Gasteiger partial charge on any atom is 0.269 e. The molecule has 2 amide bonds. The quantitative estimate of drug-likeness (QED) is 0.713. The third-order valence-electron chi connectivity index (χ3n) is 3.86. The van der Waals surface area contributed by atoms with Gasteiger partial charge in [-0.1, -0.05) is 50.2 Å². The lowest BCUT2D eigenvalue weighted by Crippen LogP contribution is -2.41. The molecule has 5 nitrogen and oxygen atoms in total. The first-order chi connectivity index (χ1) is 12.5. The summed E-state index contributed by atoms with van der Waals surface area (Å²) in [5, 5.41) is 0. The van der Waals surface area contributed by atoms with Gasteiger partial charge >= 0.3 is 0 Å². The molecule has 2 N–H and O–H groups in total. The SMILES string of the molecule is CC(C)CCOc1cccc(C(=O)NNC(=O)CCc2ccccc2)c1. The molecule has 0 aliphatic heterocycles. The van der Waals surface area contributed by atoms with Gasteiger partial charge in [-0.2, -0.15) is 0 Å². The van der Waals surface area contributed by atoms with Crippen LogP contribution in [0.2, 0.25) is 0 Å². The second-order valence-corrected chi connectivity index (χ2v) is 6.55. The molecule has 0 saturated heterocycles. The molecule has 0 aliphatic rings. The highest BCUT2D eigenvalue weighted by Gasteiger charge is 2.09. The molecule has 2 rings (SSSR count). The zero-order valence-electron chi connectivity index (χ0n) is 15.3. The van der Waals surface area contributed by atoms with Gasteiger partial charge in [-0.3, -0.25) is 20.4 Å². The predicted molar refractivity (Wildman–Crippen MR) is 102 cm³/mol. The van der Waals surface area contributed by atoms with Crippen LogP contribution in [0.5, 0.6) is 5.75 Å². The van der Waals surface area contributed by atoms with E-state index in [4.69, 9.17) is 4.74 Å². The Labute approximate surface area is 154 Å². The molecule has 0 spiro atoms. The molecule has 0 unspecified atom stereocenters. The third-order valence-corrected chi connectivity index (χ3v) is 3.86. The van der Waals surface area contributed by atoms with Gasteiger partial charge in [-0.15, -0.1) is 0 Å². The van der Waals surface area contributed by atoms with E-state index in [1.807, 2.05) is 36.4 Å². The number of hydrogen-bond acceptors (Lipinski definition) is 3. The average molecular weight is 354 g/mol. The van der Waals surface area contributed by atoms with Crippen LogP contribution >= 0.6 is 0 Å². The number of carbonyl (C=O) groups is 2. The standard InChI is InChI=1S/C21H26N2O3/c1-16(2)13-14-26-19-10-6-9-18(15-19)21(25)23-22-20(24)12-11-17-7-4-3-5-8-17/h3-10,15-16H,11-14H2,1-2H3,(H,22,24)(H,23,25). The first-order valence-corrected chi connectivity index (χ1v) is 8.90. The highest BCUT2D eigenvalue weighted by Crippen LogP contribution is 2.14. The minimum Gasteiger partial charge on any atom is -0.494 e. The van der Waals surface area contributed by atoms with Crippen molar-refractivity contribution >= 4 is 11.8 Å². The normalized spacial score (nSPS) is 10.4. The van der Waals surface area contributed by atoms with Gasteiger partial charge in [0, 0.05) is 12.0 Å². The van der Waals surface area contributed by atoms with Crippen LogP contribution in [0.25, 0.3) is 0 Å². The first kappa shape index (κ1) is 19.5. The molecule has 0 aromatic heterocycles. The molecule has 0 aliphatic carbocycles. The van der Waals surface area contributed by atoms with Gasteiger partial charge in [0.2, 0.25) is 5.91 Å². The fourth-order valence-electron chi connectivity index (χ4n) is 2.30. The van der Waals surface area contributed by atoms with E-state index in [9.17, 15) is 9.59 Å². The minimum atomic E-state index is -0.368. The van der Waals surface area contributed by atoms with E-state index in [1.54, 1.807) is 18.2 Å². The Bertz CT molecular complexity index is 714. The number of nitrogens with one attached hydrogen (secondary N) is 2. The number of hydrazine groups is 1. The summed E-state index contributed by atoms with van der Waals surface area (Å²) in [4.78, 5) is 24.0. The van der Waals surface area contributed by atoms with Gasteiger partial charge in [0.1, 0.15) is 5.75 Å². The highest BCUT2D eigenvalue weighted by molar-refractivity contribution is 5.95. The summed E-state index contributed by atoms with van der Waals surface area (Å²) >= 11 is 0. The van der Waals surface area contributed by atoms with Crippen LogP contribution < -0.4 is 15.6 Å². The molecule has 2 aromatic carbocycles. The van der Waals surface area contributed by atoms with Gasteiger partial charge < -0.3 is 4.74 Å². The average Bonchev–Trinajstić information content (AvgIpc) is 2.65. The van der Waals surface area contributed by atoms with Crippen LogP contribution in [0.1, 0.15) is 42.6 Å². The number of amides is 2. The lowest BCUT2D eigenvalue weighted by atomic mass is 10.1. The van der Waals surface area contributed by atoms with E-state index in [0.717, 1.165) is 12.0 Å². The van der Waals surface area contributed by atoms with Crippen LogP contribution in [0, 0.1) is 5.92 Å². The van der Waals surface area contributed by atoms with Crippen LogP contribution in [-0.4, -0.2) is 18.4 Å². The molecule has 2 aromatic rings. The van der Waals surface area contributed by atoms with Crippen molar-refractivity contribution < 1.29 is 14.3 Å². The van der Waals surface area contributed by atoms with Crippen LogP contribution in [0.15, 0.2) is 54.6 Å². The van der Waals surface area contributed by atoms with E-state index in [0.29, 0.717) is 36.7 Å². The second-order valence-electron chi connectivity index (χ2n) is 6.55. The Morgan fingerprint density at radius 3 is 2.50 bits per heavy atom. The Hall–Kier alpha value is -2.82.